The van der Waals surface area contributed by atoms with E-state index in [-0.39, 0.29) is 17.9 Å². The van der Waals surface area contributed by atoms with E-state index in [4.69, 9.17) is 0 Å². The van der Waals surface area contributed by atoms with Gasteiger partial charge in [-0.05, 0) is 12.1 Å². The summed E-state index contributed by atoms with van der Waals surface area (Å²) in [6.45, 7) is 1.61. The summed E-state index contributed by atoms with van der Waals surface area (Å²) >= 11 is 0. The van der Waals surface area contributed by atoms with Crippen molar-refractivity contribution in [1.82, 2.24) is 0 Å². The number of carbonyl (C=O) groups excluding carboxylic acids is 2. The number of carbonyl (C=O) groups is 2. The summed E-state index contributed by atoms with van der Waals surface area (Å²) in [6.07, 6.45) is -0.00762. The maximum Gasteiger partial charge on any atom is 0.306 e. The molecule has 0 spiro atoms. The second kappa shape index (κ2) is 5.90. The van der Waals surface area contributed by atoms with E-state index in [0.29, 0.717) is 5.56 Å². The summed E-state index contributed by atoms with van der Waals surface area (Å²) in [7, 11) is 1.26. The Morgan fingerprint density at radius 2 is 1.89 bits per heavy atom. The molecule has 1 aromatic carbocycles. The van der Waals surface area contributed by atoms with Crippen molar-refractivity contribution >= 4 is 17.4 Å². The minimum absolute atomic E-state index is 0.00762. The van der Waals surface area contributed by atoms with Crippen LogP contribution in [-0.4, -0.2) is 23.8 Å². The van der Waals surface area contributed by atoms with Crippen molar-refractivity contribution < 1.29 is 19.2 Å². The zero-order chi connectivity index (χ0) is 13.7. The van der Waals surface area contributed by atoms with Crippen LogP contribution in [0.4, 0.5) is 5.69 Å². The van der Waals surface area contributed by atoms with Crippen LogP contribution in [0.3, 0.4) is 0 Å². The molecule has 96 valence electrons. The van der Waals surface area contributed by atoms with Gasteiger partial charge in [0.2, 0.25) is 0 Å². The van der Waals surface area contributed by atoms with Crippen LogP contribution in [0.15, 0.2) is 24.3 Å². The predicted molar refractivity (Wildman–Crippen MR) is 63.2 cm³/mol. The van der Waals surface area contributed by atoms with Crippen molar-refractivity contribution in [2.75, 3.05) is 7.11 Å². The molecule has 18 heavy (non-hydrogen) atoms. The van der Waals surface area contributed by atoms with Crippen molar-refractivity contribution in [1.29, 1.82) is 0 Å². The highest BCUT2D eigenvalue weighted by atomic mass is 16.6. The fourth-order valence-corrected chi connectivity index (χ4v) is 1.46. The first kappa shape index (κ1) is 13.8. The summed E-state index contributed by atoms with van der Waals surface area (Å²) in [5.41, 5.74) is 0.268. The Bertz CT molecular complexity index is 466. The molecule has 1 aromatic rings. The number of esters is 1. The van der Waals surface area contributed by atoms with Gasteiger partial charge in [0.05, 0.1) is 18.5 Å². The van der Waals surface area contributed by atoms with Crippen LogP contribution in [0.5, 0.6) is 0 Å². The van der Waals surface area contributed by atoms with E-state index >= 15 is 0 Å². The van der Waals surface area contributed by atoms with Gasteiger partial charge in [0.15, 0.2) is 5.78 Å². The molecule has 0 heterocycles. The van der Waals surface area contributed by atoms with Crippen LogP contribution in [0.25, 0.3) is 0 Å². The number of nitro groups is 1. The number of Topliss-reactive ketones (excluding diaryl/α,β-unsaturated/α-hetero) is 1. The zero-order valence-electron chi connectivity index (χ0n) is 10.1. The van der Waals surface area contributed by atoms with Crippen LogP contribution >= 0.6 is 0 Å². The van der Waals surface area contributed by atoms with Gasteiger partial charge < -0.3 is 4.74 Å². The largest absolute Gasteiger partial charge is 0.469 e. The summed E-state index contributed by atoms with van der Waals surface area (Å²) in [6, 6.07) is 5.29. The molecule has 0 saturated carbocycles. The zero-order valence-corrected chi connectivity index (χ0v) is 10.1. The smallest absolute Gasteiger partial charge is 0.306 e. The van der Waals surface area contributed by atoms with Crippen LogP contribution in [0.2, 0.25) is 0 Å². The molecule has 1 rings (SSSR count). The van der Waals surface area contributed by atoms with Gasteiger partial charge in [-0.2, -0.15) is 0 Å². The number of nitro benzene ring substituents is 1. The SMILES string of the molecule is COC(=O)CC(C)C(=O)c1ccc([N+](=O)[O-])cc1. The Kier molecular flexibility index (Phi) is 4.53. The second-order valence-corrected chi connectivity index (χ2v) is 3.85. The Labute approximate surface area is 104 Å². The fourth-order valence-electron chi connectivity index (χ4n) is 1.46. The first-order chi connectivity index (χ1) is 8.45. The molecular formula is C12H13NO5. The lowest BCUT2D eigenvalue weighted by Gasteiger charge is -2.08. The average molecular weight is 251 g/mol. The fraction of sp³-hybridized carbons (Fsp3) is 0.333. The highest BCUT2D eigenvalue weighted by Gasteiger charge is 2.19. The third-order valence-corrected chi connectivity index (χ3v) is 2.51. The van der Waals surface area contributed by atoms with Crippen molar-refractivity contribution in [3.8, 4) is 0 Å². The second-order valence-electron chi connectivity index (χ2n) is 3.85. The maximum atomic E-state index is 11.9. The third-order valence-electron chi connectivity index (χ3n) is 2.51. The Hall–Kier alpha value is -2.24. The standard InChI is InChI=1S/C12H13NO5/c1-8(7-11(14)18-2)12(15)9-3-5-10(6-4-9)13(16)17/h3-6,8H,7H2,1-2H3. The van der Waals surface area contributed by atoms with Gasteiger partial charge in [-0.15, -0.1) is 0 Å². The number of methoxy groups -OCH3 is 1. The third kappa shape index (κ3) is 3.38. The minimum atomic E-state index is -0.536. The van der Waals surface area contributed by atoms with Gasteiger partial charge in [0.25, 0.3) is 5.69 Å². The molecule has 0 bridgehead atoms. The van der Waals surface area contributed by atoms with Crippen LogP contribution < -0.4 is 0 Å². The predicted octanol–water partition coefficient (Wildman–Crippen LogP) is 1.98. The van der Waals surface area contributed by atoms with Crippen molar-refractivity contribution in [3.63, 3.8) is 0 Å². The molecule has 6 nitrogen and oxygen atoms in total. The molecular weight excluding hydrogens is 238 g/mol. The van der Waals surface area contributed by atoms with Gasteiger partial charge in [-0.1, -0.05) is 6.92 Å². The topological polar surface area (TPSA) is 86.5 Å². The number of ketones is 1. The molecule has 0 amide bonds. The molecule has 0 N–H and O–H groups in total. The molecule has 0 aromatic heterocycles. The lowest BCUT2D eigenvalue weighted by molar-refractivity contribution is -0.384. The van der Waals surface area contributed by atoms with Crippen LogP contribution in [-0.2, 0) is 9.53 Å². The molecule has 1 unspecified atom stereocenters. The van der Waals surface area contributed by atoms with Gasteiger partial charge in [-0.25, -0.2) is 0 Å². The summed E-state index contributed by atoms with van der Waals surface area (Å²) < 4.78 is 4.48. The van der Waals surface area contributed by atoms with Crippen LogP contribution in [0, 0.1) is 16.0 Å². The molecule has 0 radical (unpaired) electrons. The van der Waals surface area contributed by atoms with E-state index in [1.165, 1.54) is 31.4 Å². The van der Waals surface area contributed by atoms with E-state index in [2.05, 4.69) is 4.74 Å². The normalized spacial score (nSPS) is 11.7. The number of ether oxygens (including phenoxy) is 1. The van der Waals surface area contributed by atoms with E-state index < -0.39 is 16.8 Å². The van der Waals surface area contributed by atoms with Crippen molar-refractivity contribution in [3.05, 3.63) is 39.9 Å². The first-order valence-electron chi connectivity index (χ1n) is 5.31. The Morgan fingerprint density at radius 1 is 1.33 bits per heavy atom. The number of benzene rings is 1. The summed E-state index contributed by atoms with van der Waals surface area (Å²) in [4.78, 5) is 32.9. The lowest BCUT2D eigenvalue weighted by atomic mass is 9.96. The molecule has 0 aliphatic rings. The average Bonchev–Trinajstić information content (AvgIpc) is 2.37. The van der Waals surface area contributed by atoms with Gasteiger partial charge >= 0.3 is 5.97 Å². The Balaban J connectivity index is 2.77. The van der Waals surface area contributed by atoms with E-state index in [1.807, 2.05) is 0 Å². The molecule has 0 aliphatic carbocycles. The number of non-ortho nitro benzene ring substituents is 1. The minimum Gasteiger partial charge on any atom is -0.469 e. The lowest BCUT2D eigenvalue weighted by Crippen LogP contribution is -2.16. The van der Waals surface area contributed by atoms with Crippen molar-refractivity contribution in [2.45, 2.75) is 13.3 Å². The highest BCUT2D eigenvalue weighted by Crippen LogP contribution is 2.16. The molecule has 1 atom stereocenters. The van der Waals surface area contributed by atoms with Crippen LogP contribution in [0.1, 0.15) is 23.7 Å². The molecule has 0 fully saturated rings. The first-order valence-corrected chi connectivity index (χ1v) is 5.31. The quantitative estimate of drug-likeness (QED) is 0.345. The number of nitrogens with zero attached hydrogens (tertiary/aromatic N) is 1. The number of hydrogen-bond acceptors (Lipinski definition) is 5. The van der Waals surface area contributed by atoms with Gasteiger partial charge in [0, 0.05) is 23.6 Å². The monoisotopic (exact) mass is 251 g/mol. The molecule has 6 heteroatoms. The van der Waals surface area contributed by atoms with Crippen molar-refractivity contribution in [2.24, 2.45) is 5.92 Å². The number of hydrogen-bond donors (Lipinski definition) is 0. The maximum absolute atomic E-state index is 11.9. The summed E-state index contributed by atoms with van der Waals surface area (Å²) in [5.74, 6) is -1.22. The van der Waals surface area contributed by atoms with Gasteiger partial charge in [-0.3, -0.25) is 19.7 Å². The Morgan fingerprint density at radius 3 is 2.33 bits per heavy atom. The number of rotatable bonds is 5. The van der Waals surface area contributed by atoms with Gasteiger partial charge in [0.1, 0.15) is 0 Å². The highest BCUT2D eigenvalue weighted by molar-refractivity contribution is 5.99. The van der Waals surface area contributed by atoms with E-state index in [9.17, 15) is 19.7 Å². The summed E-state index contributed by atoms with van der Waals surface area (Å²) in [5, 5.41) is 10.5. The molecule has 0 aliphatic heterocycles. The molecule has 0 saturated heterocycles. The van der Waals surface area contributed by atoms with E-state index in [0.717, 1.165) is 0 Å². The van der Waals surface area contributed by atoms with E-state index in [1.54, 1.807) is 6.92 Å².